The number of rotatable bonds is 4. The van der Waals surface area contributed by atoms with Crippen molar-refractivity contribution >= 4 is 12.0 Å². The Hall–Kier alpha value is -2.82. The maximum absolute atomic E-state index is 12.7. The maximum Gasteiger partial charge on any atom is 0.410 e. The quantitative estimate of drug-likeness (QED) is 0.930. The Balaban J connectivity index is 1.79. The molecule has 0 spiro atoms. The summed E-state index contributed by atoms with van der Waals surface area (Å²) in [5.41, 5.74) is 7.44. The van der Waals surface area contributed by atoms with Crippen molar-refractivity contribution in [1.82, 2.24) is 4.90 Å². The molecule has 0 aromatic heterocycles. The summed E-state index contributed by atoms with van der Waals surface area (Å²) in [5.74, 6) is -0.783. The lowest BCUT2D eigenvalue weighted by atomic mass is 9.84. The van der Waals surface area contributed by atoms with E-state index in [-0.39, 0.29) is 18.6 Å². The van der Waals surface area contributed by atoms with Crippen LogP contribution in [0.1, 0.15) is 30.0 Å². The number of nitrogens with two attached hydrogens (primary N) is 1. The van der Waals surface area contributed by atoms with Gasteiger partial charge in [-0.3, -0.25) is 4.79 Å². The van der Waals surface area contributed by atoms with E-state index in [1.165, 1.54) is 0 Å². The average molecular weight is 338 g/mol. The molecule has 5 nitrogen and oxygen atoms in total. The average Bonchev–Trinajstić information content (AvgIpc) is 2.67. The van der Waals surface area contributed by atoms with Crippen molar-refractivity contribution in [3.63, 3.8) is 0 Å². The van der Waals surface area contributed by atoms with Crippen molar-refractivity contribution in [1.29, 1.82) is 0 Å². The van der Waals surface area contributed by atoms with E-state index in [4.69, 9.17) is 10.5 Å². The van der Waals surface area contributed by atoms with Crippen LogP contribution in [0.5, 0.6) is 0 Å². The molecule has 5 heteroatoms. The first-order chi connectivity index (χ1) is 12.2. The molecule has 2 aromatic rings. The number of carbonyl (C=O) groups excluding carboxylic acids is 2. The van der Waals surface area contributed by atoms with E-state index in [9.17, 15) is 9.59 Å². The van der Waals surface area contributed by atoms with Crippen molar-refractivity contribution in [2.75, 3.05) is 6.54 Å². The zero-order chi connectivity index (χ0) is 17.6. The van der Waals surface area contributed by atoms with Crippen LogP contribution in [0, 0.1) is 5.92 Å². The van der Waals surface area contributed by atoms with Gasteiger partial charge in [-0.15, -0.1) is 0 Å². The summed E-state index contributed by atoms with van der Waals surface area (Å²) >= 11 is 0. The van der Waals surface area contributed by atoms with Gasteiger partial charge in [0, 0.05) is 6.54 Å². The van der Waals surface area contributed by atoms with E-state index in [2.05, 4.69) is 0 Å². The SMILES string of the molecule is NC(=O)[C@H]1CCCN(C(=O)OCc2ccccc2)[C@H]1c1ccccc1. The lowest BCUT2D eigenvalue weighted by Gasteiger charge is -2.39. The van der Waals surface area contributed by atoms with Crippen LogP contribution in [0.15, 0.2) is 60.7 Å². The van der Waals surface area contributed by atoms with Crippen molar-refractivity contribution in [2.45, 2.75) is 25.5 Å². The van der Waals surface area contributed by atoms with Gasteiger partial charge in [0.2, 0.25) is 5.91 Å². The first kappa shape index (κ1) is 17.0. The van der Waals surface area contributed by atoms with E-state index in [0.29, 0.717) is 13.0 Å². The molecule has 2 aromatic carbocycles. The Kier molecular flexibility index (Phi) is 5.33. The van der Waals surface area contributed by atoms with Crippen LogP contribution in [0.4, 0.5) is 4.79 Å². The second-order valence-electron chi connectivity index (χ2n) is 6.24. The molecule has 1 fully saturated rings. The summed E-state index contributed by atoms with van der Waals surface area (Å²) in [6, 6.07) is 18.7. The van der Waals surface area contributed by atoms with E-state index in [1.54, 1.807) is 4.90 Å². The number of primary amides is 1. The predicted molar refractivity (Wildman–Crippen MR) is 94.4 cm³/mol. The lowest BCUT2D eigenvalue weighted by Crippen LogP contribution is -2.46. The van der Waals surface area contributed by atoms with Gasteiger partial charge in [0.05, 0.1) is 12.0 Å². The molecule has 0 aliphatic carbocycles. The Morgan fingerprint density at radius 3 is 2.32 bits per heavy atom. The summed E-state index contributed by atoms with van der Waals surface area (Å²) in [6.07, 6.45) is 0.998. The standard InChI is InChI=1S/C20H22N2O3/c21-19(23)17-12-7-13-22(18(17)16-10-5-2-6-11-16)20(24)25-14-15-8-3-1-4-9-15/h1-6,8-11,17-18H,7,12-14H2,(H2,21,23)/t17-,18-/m0/s1. The van der Waals surface area contributed by atoms with Crippen LogP contribution >= 0.6 is 0 Å². The van der Waals surface area contributed by atoms with Crippen molar-refractivity contribution in [3.05, 3.63) is 71.8 Å². The monoisotopic (exact) mass is 338 g/mol. The topological polar surface area (TPSA) is 72.6 Å². The molecule has 1 heterocycles. The number of carbonyl (C=O) groups is 2. The number of hydrogen-bond acceptors (Lipinski definition) is 3. The number of likely N-dealkylation sites (tertiary alicyclic amines) is 1. The molecule has 0 bridgehead atoms. The molecule has 0 radical (unpaired) electrons. The third-order valence-corrected chi connectivity index (χ3v) is 4.58. The number of ether oxygens (including phenoxy) is 1. The molecule has 0 unspecified atom stereocenters. The Morgan fingerprint density at radius 1 is 1.04 bits per heavy atom. The van der Waals surface area contributed by atoms with E-state index >= 15 is 0 Å². The summed E-state index contributed by atoms with van der Waals surface area (Å²) in [6.45, 7) is 0.760. The van der Waals surface area contributed by atoms with Gasteiger partial charge in [0.15, 0.2) is 0 Å². The van der Waals surface area contributed by atoms with Gasteiger partial charge in [-0.1, -0.05) is 60.7 Å². The van der Waals surface area contributed by atoms with Gasteiger partial charge in [0.25, 0.3) is 0 Å². The molecule has 2 amide bonds. The number of benzene rings is 2. The number of piperidine rings is 1. The molecule has 3 rings (SSSR count). The molecular weight excluding hydrogens is 316 g/mol. The Labute approximate surface area is 147 Å². The third-order valence-electron chi connectivity index (χ3n) is 4.58. The zero-order valence-electron chi connectivity index (χ0n) is 14.0. The van der Waals surface area contributed by atoms with E-state index < -0.39 is 12.0 Å². The summed E-state index contributed by atoms with van der Waals surface area (Å²) in [7, 11) is 0. The zero-order valence-corrected chi connectivity index (χ0v) is 14.0. The maximum atomic E-state index is 12.7. The van der Waals surface area contributed by atoms with Gasteiger partial charge in [-0.25, -0.2) is 4.79 Å². The van der Waals surface area contributed by atoms with E-state index in [1.807, 2.05) is 60.7 Å². The molecular formula is C20H22N2O3. The van der Waals surface area contributed by atoms with Gasteiger partial charge in [0.1, 0.15) is 6.61 Å². The minimum absolute atomic E-state index is 0.207. The molecule has 130 valence electrons. The van der Waals surface area contributed by atoms with Crippen LogP contribution in [-0.2, 0) is 16.1 Å². The van der Waals surface area contributed by atoms with Crippen LogP contribution < -0.4 is 5.73 Å². The highest BCUT2D eigenvalue weighted by atomic mass is 16.6. The predicted octanol–water partition coefficient (Wildman–Crippen LogP) is 3.26. The molecule has 25 heavy (non-hydrogen) atoms. The van der Waals surface area contributed by atoms with Crippen molar-refractivity contribution in [2.24, 2.45) is 11.7 Å². The number of amides is 2. The third kappa shape index (κ3) is 3.99. The Bertz CT molecular complexity index is 718. The summed E-state index contributed by atoms with van der Waals surface area (Å²) in [5, 5.41) is 0. The van der Waals surface area contributed by atoms with E-state index in [0.717, 1.165) is 17.5 Å². The smallest absolute Gasteiger partial charge is 0.410 e. The molecule has 0 saturated carbocycles. The highest BCUT2D eigenvalue weighted by molar-refractivity contribution is 5.79. The van der Waals surface area contributed by atoms with Gasteiger partial charge in [-0.2, -0.15) is 0 Å². The van der Waals surface area contributed by atoms with Crippen molar-refractivity contribution < 1.29 is 14.3 Å². The fraction of sp³-hybridized carbons (Fsp3) is 0.300. The van der Waals surface area contributed by atoms with Gasteiger partial charge in [-0.05, 0) is 24.0 Å². The second kappa shape index (κ2) is 7.83. The van der Waals surface area contributed by atoms with Gasteiger partial charge < -0.3 is 15.4 Å². The van der Waals surface area contributed by atoms with Gasteiger partial charge >= 0.3 is 6.09 Å². The lowest BCUT2D eigenvalue weighted by molar-refractivity contribution is -0.125. The normalized spacial score (nSPS) is 20.1. The number of nitrogens with zero attached hydrogens (tertiary/aromatic N) is 1. The largest absolute Gasteiger partial charge is 0.445 e. The highest BCUT2D eigenvalue weighted by Gasteiger charge is 2.39. The first-order valence-electron chi connectivity index (χ1n) is 8.48. The molecule has 1 aliphatic rings. The molecule has 1 saturated heterocycles. The number of hydrogen-bond donors (Lipinski definition) is 1. The van der Waals surface area contributed by atoms with Crippen LogP contribution in [0.2, 0.25) is 0 Å². The first-order valence-corrected chi connectivity index (χ1v) is 8.48. The molecule has 2 atom stereocenters. The second-order valence-corrected chi connectivity index (χ2v) is 6.24. The Morgan fingerprint density at radius 2 is 1.68 bits per heavy atom. The fourth-order valence-electron chi connectivity index (χ4n) is 3.36. The van der Waals surface area contributed by atoms with Crippen LogP contribution in [0.25, 0.3) is 0 Å². The fourth-order valence-corrected chi connectivity index (χ4v) is 3.36. The minimum atomic E-state index is -0.413. The highest BCUT2D eigenvalue weighted by Crippen LogP contribution is 2.36. The van der Waals surface area contributed by atoms with Crippen LogP contribution in [-0.4, -0.2) is 23.4 Å². The summed E-state index contributed by atoms with van der Waals surface area (Å²) in [4.78, 5) is 26.2. The van der Waals surface area contributed by atoms with Crippen LogP contribution in [0.3, 0.4) is 0 Å². The molecule has 2 N–H and O–H groups in total. The van der Waals surface area contributed by atoms with Crippen molar-refractivity contribution in [3.8, 4) is 0 Å². The molecule has 1 aliphatic heterocycles. The summed E-state index contributed by atoms with van der Waals surface area (Å²) < 4.78 is 5.48. The minimum Gasteiger partial charge on any atom is -0.445 e.